The smallest absolute Gasteiger partial charge is 0.270 e. The molecule has 1 aromatic carbocycles. The molecule has 1 aromatic heterocycles. The molecule has 0 bridgehead atoms. The van der Waals surface area contributed by atoms with Gasteiger partial charge in [-0.3, -0.25) is 10.1 Å². The summed E-state index contributed by atoms with van der Waals surface area (Å²) in [7, 11) is 0. The Hall–Kier alpha value is -1.92. The van der Waals surface area contributed by atoms with Crippen molar-refractivity contribution in [1.29, 1.82) is 0 Å². The molecule has 3 rings (SSSR count). The van der Waals surface area contributed by atoms with Gasteiger partial charge in [0.1, 0.15) is 12.4 Å². The van der Waals surface area contributed by atoms with Crippen LogP contribution in [0.3, 0.4) is 0 Å². The van der Waals surface area contributed by atoms with Gasteiger partial charge in [0.2, 0.25) is 0 Å². The maximum absolute atomic E-state index is 11.0. The van der Waals surface area contributed by atoms with E-state index in [1.165, 1.54) is 17.4 Å². The average Bonchev–Trinajstić information content (AvgIpc) is 3.08. The van der Waals surface area contributed by atoms with Crippen LogP contribution in [0.2, 0.25) is 0 Å². The summed E-state index contributed by atoms with van der Waals surface area (Å²) in [5.41, 5.74) is 0.838. The minimum absolute atomic E-state index is 0.0738. The second kappa shape index (κ2) is 6.89. The lowest BCUT2D eigenvalue weighted by molar-refractivity contribution is -0.384. The van der Waals surface area contributed by atoms with E-state index in [1.807, 2.05) is 17.5 Å². The maximum Gasteiger partial charge on any atom is 0.270 e. The van der Waals surface area contributed by atoms with Crippen LogP contribution in [0.4, 0.5) is 5.69 Å². The zero-order valence-corrected chi connectivity index (χ0v) is 12.9. The normalized spacial score (nSPS) is 18.1. The standard InChI is InChI=1S/C16H17NO4S/c18-17(19)12-6-7-15(14(10-12)16-5-3-9-22-16)21-11-13-4-1-2-8-20-13/h3,5-7,9-10,13H,1-2,4,8,11H2/t13-/m0/s1. The van der Waals surface area contributed by atoms with Gasteiger partial charge in [0, 0.05) is 29.2 Å². The molecule has 6 heteroatoms. The Labute approximate surface area is 132 Å². The molecule has 0 aliphatic carbocycles. The Bertz CT molecular complexity index is 636. The third-order valence-corrected chi connectivity index (χ3v) is 4.56. The molecule has 116 valence electrons. The van der Waals surface area contributed by atoms with Gasteiger partial charge in [-0.15, -0.1) is 11.3 Å². The second-order valence-corrected chi connectivity index (χ2v) is 6.16. The molecule has 1 fully saturated rings. The number of rotatable bonds is 5. The minimum atomic E-state index is -0.384. The molecule has 22 heavy (non-hydrogen) atoms. The average molecular weight is 319 g/mol. The van der Waals surface area contributed by atoms with Crippen LogP contribution in [0.15, 0.2) is 35.7 Å². The molecule has 1 atom stereocenters. The molecule has 2 aromatic rings. The topological polar surface area (TPSA) is 61.6 Å². The van der Waals surface area contributed by atoms with Crippen LogP contribution in [0.5, 0.6) is 5.75 Å². The molecular weight excluding hydrogens is 302 g/mol. The first-order valence-electron chi connectivity index (χ1n) is 7.31. The molecule has 0 spiro atoms. The van der Waals surface area contributed by atoms with E-state index in [0.29, 0.717) is 12.4 Å². The number of ether oxygens (including phenoxy) is 2. The van der Waals surface area contributed by atoms with Crippen molar-refractivity contribution < 1.29 is 14.4 Å². The molecule has 1 saturated heterocycles. The van der Waals surface area contributed by atoms with Crippen molar-refractivity contribution in [1.82, 2.24) is 0 Å². The highest BCUT2D eigenvalue weighted by atomic mass is 32.1. The fraction of sp³-hybridized carbons (Fsp3) is 0.375. The van der Waals surface area contributed by atoms with Gasteiger partial charge in [0.25, 0.3) is 5.69 Å². The molecule has 0 saturated carbocycles. The Balaban J connectivity index is 1.81. The van der Waals surface area contributed by atoms with E-state index in [-0.39, 0.29) is 16.7 Å². The van der Waals surface area contributed by atoms with Crippen LogP contribution >= 0.6 is 11.3 Å². The van der Waals surface area contributed by atoms with E-state index >= 15 is 0 Å². The molecule has 5 nitrogen and oxygen atoms in total. The number of nitro benzene ring substituents is 1. The summed E-state index contributed by atoms with van der Waals surface area (Å²) in [6, 6.07) is 8.59. The lowest BCUT2D eigenvalue weighted by Crippen LogP contribution is -2.25. The van der Waals surface area contributed by atoms with Gasteiger partial charge in [0.15, 0.2) is 0 Å². The van der Waals surface area contributed by atoms with Crippen molar-refractivity contribution >= 4 is 17.0 Å². The molecule has 0 unspecified atom stereocenters. The maximum atomic E-state index is 11.0. The highest BCUT2D eigenvalue weighted by Gasteiger charge is 2.18. The third-order valence-electron chi connectivity index (χ3n) is 3.66. The van der Waals surface area contributed by atoms with Gasteiger partial charge in [-0.1, -0.05) is 6.07 Å². The highest BCUT2D eigenvalue weighted by molar-refractivity contribution is 7.13. The van der Waals surface area contributed by atoms with Crippen molar-refractivity contribution in [3.8, 4) is 16.2 Å². The molecule has 0 N–H and O–H groups in total. The molecular formula is C16H17NO4S. The number of nitro groups is 1. The van der Waals surface area contributed by atoms with Crippen LogP contribution < -0.4 is 4.74 Å². The Morgan fingerprint density at radius 1 is 1.36 bits per heavy atom. The van der Waals surface area contributed by atoms with Crippen molar-refractivity contribution in [2.75, 3.05) is 13.2 Å². The summed E-state index contributed by atoms with van der Waals surface area (Å²) in [4.78, 5) is 11.6. The molecule has 1 aliphatic heterocycles. The van der Waals surface area contributed by atoms with Gasteiger partial charge in [-0.05, 0) is 36.8 Å². The first kappa shape index (κ1) is 15.0. The van der Waals surface area contributed by atoms with Gasteiger partial charge in [-0.2, -0.15) is 0 Å². The predicted molar refractivity (Wildman–Crippen MR) is 85.5 cm³/mol. The third kappa shape index (κ3) is 3.45. The SMILES string of the molecule is O=[N+]([O-])c1ccc(OC[C@@H]2CCCCO2)c(-c2cccs2)c1. The monoisotopic (exact) mass is 319 g/mol. The molecule has 0 radical (unpaired) electrons. The first-order chi connectivity index (χ1) is 10.7. The quantitative estimate of drug-likeness (QED) is 0.610. The summed E-state index contributed by atoms with van der Waals surface area (Å²) in [5.74, 6) is 0.669. The van der Waals surface area contributed by atoms with Crippen molar-refractivity contribution in [2.24, 2.45) is 0 Å². The van der Waals surface area contributed by atoms with E-state index in [9.17, 15) is 10.1 Å². The second-order valence-electron chi connectivity index (χ2n) is 5.21. The fourth-order valence-electron chi connectivity index (χ4n) is 2.50. The number of non-ortho nitro benzene ring substituents is 1. The number of hydrogen-bond donors (Lipinski definition) is 0. The summed E-state index contributed by atoms with van der Waals surface area (Å²) in [6.45, 7) is 1.27. The van der Waals surface area contributed by atoms with Gasteiger partial charge in [0.05, 0.1) is 11.0 Å². The summed E-state index contributed by atoms with van der Waals surface area (Å²) in [5, 5.41) is 12.9. The lowest BCUT2D eigenvalue weighted by atomic mass is 10.1. The zero-order valence-electron chi connectivity index (χ0n) is 12.1. The van der Waals surface area contributed by atoms with E-state index in [0.717, 1.165) is 36.3 Å². The Morgan fingerprint density at radius 3 is 2.95 bits per heavy atom. The van der Waals surface area contributed by atoms with E-state index in [4.69, 9.17) is 9.47 Å². The van der Waals surface area contributed by atoms with Gasteiger partial charge < -0.3 is 9.47 Å². The number of nitrogens with zero attached hydrogens (tertiary/aromatic N) is 1. The lowest BCUT2D eigenvalue weighted by Gasteiger charge is -2.23. The van der Waals surface area contributed by atoms with Crippen molar-refractivity contribution in [2.45, 2.75) is 25.4 Å². The summed E-state index contributed by atoms with van der Waals surface area (Å²) < 4.78 is 11.6. The Morgan fingerprint density at radius 2 is 2.27 bits per heavy atom. The summed E-state index contributed by atoms with van der Waals surface area (Å²) >= 11 is 1.54. The van der Waals surface area contributed by atoms with Crippen LogP contribution in [0.1, 0.15) is 19.3 Å². The largest absolute Gasteiger partial charge is 0.490 e. The number of hydrogen-bond acceptors (Lipinski definition) is 5. The Kier molecular flexibility index (Phi) is 4.70. The minimum Gasteiger partial charge on any atom is -0.490 e. The first-order valence-corrected chi connectivity index (χ1v) is 8.19. The molecule has 2 heterocycles. The van der Waals surface area contributed by atoms with E-state index in [1.54, 1.807) is 12.1 Å². The van der Waals surface area contributed by atoms with Crippen molar-refractivity contribution in [3.63, 3.8) is 0 Å². The number of thiophene rings is 1. The zero-order chi connectivity index (χ0) is 15.4. The molecule has 1 aliphatic rings. The predicted octanol–water partition coefficient (Wildman–Crippen LogP) is 4.27. The highest BCUT2D eigenvalue weighted by Crippen LogP contribution is 2.36. The van der Waals surface area contributed by atoms with Gasteiger partial charge >= 0.3 is 0 Å². The summed E-state index contributed by atoms with van der Waals surface area (Å²) in [6.07, 6.45) is 3.38. The van der Waals surface area contributed by atoms with E-state index in [2.05, 4.69) is 0 Å². The van der Waals surface area contributed by atoms with Crippen LogP contribution in [-0.4, -0.2) is 24.2 Å². The number of benzene rings is 1. The fourth-order valence-corrected chi connectivity index (χ4v) is 3.25. The van der Waals surface area contributed by atoms with Crippen molar-refractivity contribution in [3.05, 3.63) is 45.8 Å². The van der Waals surface area contributed by atoms with Crippen LogP contribution in [-0.2, 0) is 4.74 Å². The van der Waals surface area contributed by atoms with Crippen LogP contribution in [0.25, 0.3) is 10.4 Å². The van der Waals surface area contributed by atoms with Gasteiger partial charge in [-0.25, -0.2) is 0 Å². The molecule has 0 amide bonds. The van der Waals surface area contributed by atoms with Crippen LogP contribution in [0, 0.1) is 10.1 Å². The van der Waals surface area contributed by atoms with E-state index < -0.39 is 0 Å².